The van der Waals surface area contributed by atoms with Gasteiger partial charge in [0.1, 0.15) is 11.4 Å². The van der Waals surface area contributed by atoms with E-state index in [1.165, 1.54) is 11.3 Å². The summed E-state index contributed by atoms with van der Waals surface area (Å²) < 4.78 is 17.6. The molecule has 4 atom stereocenters. The highest BCUT2D eigenvalue weighted by atomic mass is 32.1. The van der Waals surface area contributed by atoms with Crippen molar-refractivity contribution in [3.8, 4) is 5.75 Å². The number of hydrogen-bond acceptors (Lipinski definition) is 8. The molecule has 184 valence electrons. The number of methoxy groups -OCH3 is 1. The maximum absolute atomic E-state index is 13.7. The predicted molar refractivity (Wildman–Crippen MR) is 127 cm³/mol. The van der Waals surface area contributed by atoms with E-state index in [9.17, 15) is 14.4 Å². The Morgan fingerprint density at radius 2 is 2.00 bits per heavy atom. The van der Waals surface area contributed by atoms with Crippen LogP contribution in [0.1, 0.15) is 6.92 Å². The maximum atomic E-state index is 13.7. The molecular formula is C24H26N4O6S. The van der Waals surface area contributed by atoms with Crippen LogP contribution in [0.25, 0.3) is 10.2 Å². The fourth-order valence-electron chi connectivity index (χ4n) is 5.61. The van der Waals surface area contributed by atoms with Crippen LogP contribution in [0, 0.1) is 11.8 Å². The Bertz CT molecular complexity index is 1240. The summed E-state index contributed by atoms with van der Waals surface area (Å²) in [5.74, 6) is -0.697. The molecule has 1 aromatic heterocycles. The molecule has 4 aliphatic heterocycles. The molecule has 0 N–H and O–H groups in total. The van der Waals surface area contributed by atoms with E-state index >= 15 is 0 Å². The number of amides is 3. The number of fused-ring (bicyclic) bond motifs is 2. The van der Waals surface area contributed by atoms with E-state index in [4.69, 9.17) is 14.2 Å². The quantitative estimate of drug-likeness (QED) is 0.594. The standard InChI is InChI=1S/C24H26N4O6S/c1-3-33-23(31)27-10-8-26(9-11-27)20(29)18-16-6-7-24(34-16)13-28(21(30)19(18)24)22-25-15-12-14(32-2)4-5-17(15)35-22/h4-7,12,16,18-19H,3,8-11,13H2,1-2H3/t16-,18?,19?,24+/m0/s1. The molecule has 6 rings (SSSR count). The summed E-state index contributed by atoms with van der Waals surface area (Å²) in [5, 5.41) is 0.594. The summed E-state index contributed by atoms with van der Waals surface area (Å²) in [4.78, 5) is 49.0. The van der Waals surface area contributed by atoms with Crippen LogP contribution in [0.5, 0.6) is 5.75 Å². The fourth-order valence-corrected chi connectivity index (χ4v) is 6.57. The zero-order valence-corrected chi connectivity index (χ0v) is 20.3. The van der Waals surface area contributed by atoms with Crippen molar-refractivity contribution in [3.63, 3.8) is 0 Å². The molecule has 10 nitrogen and oxygen atoms in total. The average Bonchev–Trinajstić information content (AvgIpc) is 3.62. The Kier molecular flexibility index (Phi) is 5.22. The van der Waals surface area contributed by atoms with E-state index in [2.05, 4.69) is 4.98 Å². The van der Waals surface area contributed by atoms with Crippen molar-refractivity contribution in [3.05, 3.63) is 30.4 Å². The van der Waals surface area contributed by atoms with Crippen LogP contribution in [0.15, 0.2) is 30.4 Å². The van der Waals surface area contributed by atoms with E-state index in [1.54, 1.807) is 28.7 Å². The van der Waals surface area contributed by atoms with Crippen molar-refractivity contribution in [1.29, 1.82) is 0 Å². The number of carbonyl (C=O) groups excluding carboxylic acids is 3. The monoisotopic (exact) mass is 498 g/mol. The topological polar surface area (TPSA) is 102 Å². The van der Waals surface area contributed by atoms with Crippen LogP contribution in [0.2, 0.25) is 0 Å². The van der Waals surface area contributed by atoms with Gasteiger partial charge in [0.25, 0.3) is 0 Å². The summed E-state index contributed by atoms with van der Waals surface area (Å²) in [6, 6.07) is 5.64. The summed E-state index contributed by atoms with van der Waals surface area (Å²) in [6.07, 6.45) is 3.08. The van der Waals surface area contributed by atoms with Gasteiger partial charge in [-0.2, -0.15) is 0 Å². The lowest BCUT2D eigenvalue weighted by molar-refractivity contribution is -0.141. The number of ether oxygens (including phenoxy) is 3. The fraction of sp³-hybridized carbons (Fsp3) is 0.500. The van der Waals surface area contributed by atoms with Crippen LogP contribution in [-0.2, 0) is 19.1 Å². The number of anilines is 1. The summed E-state index contributed by atoms with van der Waals surface area (Å²) in [5.41, 5.74) is -0.0516. The summed E-state index contributed by atoms with van der Waals surface area (Å²) in [6.45, 7) is 4.04. The number of piperazine rings is 1. The van der Waals surface area contributed by atoms with Gasteiger partial charge in [-0.1, -0.05) is 23.5 Å². The molecule has 5 heterocycles. The molecule has 3 amide bonds. The number of rotatable bonds is 4. The van der Waals surface area contributed by atoms with Crippen LogP contribution < -0.4 is 9.64 Å². The summed E-state index contributed by atoms with van der Waals surface area (Å²) >= 11 is 1.44. The van der Waals surface area contributed by atoms with E-state index in [-0.39, 0.29) is 17.9 Å². The molecule has 4 aliphatic rings. The van der Waals surface area contributed by atoms with Gasteiger partial charge in [-0.05, 0) is 19.1 Å². The van der Waals surface area contributed by atoms with Crippen molar-refractivity contribution in [2.45, 2.75) is 18.6 Å². The van der Waals surface area contributed by atoms with Gasteiger partial charge in [0, 0.05) is 32.2 Å². The zero-order valence-electron chi connectivity index (χ0n) is 19.5. The van der Waals surface area contributed by atoms with Gasteiger partial charge in [0.2, 0.25) is 11.8 Å². The van der Waals surface area contributed by atoms with E-state index in [1.807, 2.05) is 30.4 Å². The van der Waals surface area contributed by atoms with Crippen LogP contribution >= 0.6 is 11.3 Å². The number of thiazole rings is 1. The lowest BCUT2D eigenvalue weighted by atomic mass is 9.76. The number of benzene rings is 1. The third-order valence-corrected chi connectivity index (χ3v) is 8.38. The molecule has 11 heteroatoms. The molecule has 35 heavy (non-hydrogen) atoms. The van der Waals surface area contributed by atoms with Crippen LogP contribution in [0.4, 0.5) is 9.93 Å². The van der Waals surface area contributed by atoms with Gasteiger partial charge in [0.05, 0.1) is 48.4 Å². The Labute approximate surface area is 206 Å². The molecule has 3 fully saturated rings. The minimum Gasteiger partial charge on any atom is -0.497 e. The van der Waals surface area contributed by atoms with E-state index in [0.717, 1.165) is 10.2 Å². The second-order valence-corrected chi connectivity index (χ2v) is 10.2. The van der Waals surface area contributed by atoms with Gasteiger partial charge in [-0.15, -0.1) is 0 Å². The third-order valence-electron chi connectivity index (χ3n) is 7.32. The predicted octanol–water partition coefficient (Wildman–Crippen LogP) is 1.89. The van der Waals surface area contributed by atoms with Crippen LogP contribution in [0.3, 0.4) is 0 Å². The van der Waals surface area contributed by atoms with Crippen molar-refractivity contribution in [2.24, 2.45) is 11.8 Å². The minimum absolute atomic E-state index is 0.0982. The second kappa shape index (κ2) is 8.20. The molecule has 3 saturated heterocycles. The first-order valence-electron chi connectivity index (χ1n) is 11.8. The molecule has 1 aromatic carbocycles. The van der Waals surface area contributed by atoms with Gasteiger partial charge >= 0.3 is 6.09 Å². The number of aromatic nitrogens is 1. The summed E-state index contributed by atoms with van der Waals surface area (Å²) in [7, 11) is 1.60. The van der Waals surface area contributed by atoms with E-state index in [0.29, 0.717) is 50.2 Å². The Morgan fingerprint density at radius 1 is 1.23 bits per heavy atom. The first-order valence-corrected chi connectivity index (χ1v) is 12.6. The SMILES string of the molecule is CCOC(=O)N1CCN(C(=O)C2C3C(=O)N(c4nc5cc(OC)ccc5s4)C[C@]34C=C[C@@H]2O4)CC1. The number of carbonyl (C=O) groups is 3. The highest BCUT2D eigenvalue weighted by molar-refractivity contribution is 7.22. The van der Waals surface area contributed by atoms with Crippen molar-refractivity contribution in [2.75, 3.05) is 51.3 Å². The van der Waals surface area contributed by atoms with E-state index < -0.39 is 23.5 Å². The Morgan fingerprint density at radius 3 is 2.74 bits per heavy atom. The molecule has 2 aromatic rings. The largest absolute Gasteiger partial charge is 0.497 e. The number of hydrogen-bond donors (Lipinski definition) is 0. The molecule has 0 saturated carbocycles. The normalized spacial score (nSPS) is 29.3. The Balaban J connectivity index is 1.22. The highest BCUT2D eigenvalue weighted by Gasteiger charge is 2.67. The first-order chi connectivity index (χ1) is 16.9. The zero-order chi connectivity index (χ0) is 24.3. The molecular weight excluding hydrogens is 472 g/mol. The van der Waals surface area contributed by atoms with Gasteiger partial charge in [-0.3, -0.25) is 14.5 Å². The lowest BCUT2D eigenvalue weighted by Gasteiger charge is -2.36. The second-order valence-electron chi connectivity index (χ2n) is 9.17. The van der Waals surface area contributed by atoms with Gasteiger partial charge in [0.15, 0.2) is 5.13 Å². The van der Waals surface area contributed by atoms with Gasteiger partial charge < -0.3 is 24.0 Å². The molecule has 2 unspecified atom stereocenters. The highest BCUT2D eigenvalue weighted by Crippen LogP contribution is 2.53. The molecule has 0 radical (unpaired) electrons. The van der Waals surface area contributed by atoms with Crippen molar-refractivity contribution in [1.82, 2.24) is 14.8 Å². The van der Waals surface area contributed by atoms with Crippen molar-refractivity contribution < 1.29 is 28.6 Å². The molecule has 2 bridgehead atoms. The average molecular weight is 499 g/mol. The Hall–Kier alpha value is -3.18. The van der Waals surface area contributed by atoms with Crippen LogP contribution in [-0.4, -0.2) is 90.8 Å². The number of nitrogens with zero attached hydrogens (tertiary/aromatic N) is 4. The smallest absolute Gasteiger partial charge is 0.409 e. The lowest BCUT2D eigenvalue weighted by Crippen LogP contribution is -2.54. The maximum Gasteiger partial charge on any atom is 0.409 e. The third kappa shape index (κ3) is 3.40. The first kappa shape index (κ1) is 22.3. The minimum atomic E-state index is -0.815. The van der Waals surface area contributed by atoms with Crippen molar-refractivity contribution >= 4 is 44.6 Å². The van der Waals surface area contributed by atoms with Gasteiger partial charge in [-0.25, -0.2) is 9.78 Å². The molecule has 1 spiro atoms. The molecule has 0 aliphatic carbocycles.